The molecule has 2 aromatic rings. The molecular weight excluding hydrogens is 408 g/mol. The van der Waals surface area contributed by atoms with Gasteiger partial charge in [-0.25, -0.2) is 4.98 Å². The number of thiazole rings is 1. The zero-order valence-corrected chi connectivity index (χ0v) is 16.9. The van der Waals surface area contributed by atoms with Crippen molar-refractivity contribution in [2.24, 2.45) is 0 Å². The first-order chi connectivity index (χ1) is 13.3. The molecule has 0 bridgehead atoms. The van der Waals surface area contributed by atoms with E-state index in [0.29, 0.717) is 18.2 Å². The Bertz CT molecular complexity index is 873. The van der Waals surface area contributed by atoms with Crippen LogP contribution in [-0.4, -0.2) is 53.4 Å². The average Bonchev–Trinajstić information content (AvgIpc) is 3.05. The maximum atomic E-state index is 12.8. The van der Waals surface area contributed by atoms with Crippen LogP contribution >= 0.6 is 22.9 Å². The molecule has 1 N–H and O–H groups in total. The van der Waals surface area contributed by atoms with E-state index in [2.05, 4.69) is 10.3 Å². The quantitative estimate of drug-likeness (QED) is 0.374. The number of amides is 2. The first-order valence-electron chi connectivity index (χ1n) is 8.26. The third-order valence-electron chi connectivity index (χ3n) is 3.65. The van der Waals surface area contributed by atoms with Gasteiger partial charge in [-0.3, -0.25) is 19.7 Å². The molecule has 0 unspecified atom stereocenters. The fourth-order valence-corrected chi connectivity index (χ4v) is 3.25. The number of nitrogens with one attached hydrogen (secondary N) is 1. The van der Waals surface area contributed by atoms with Gasteiger partial charge in [0.05, 0.1) is 10.6 Å². The molecule has 0 saturated heterocycles. The van der Waals surface area contributed by atoms with Crippen molar-refractivity contribution in [1.29, 1.82) is 0 Å². The number of methoxy groups -OCH3 is 1. The monoisotopic (exact) mass is 426 g/mol. The SMILES string of the molecule is COCCCN(CC(=O)Nc1nc(C)cs1)C(=O)c1ccc(Cl)c([N+](=O)[O-])c1. The maximum Gasteiger partial charge on any atom is 0.288 e. The second kappa shape index (κ2) is 10.1. The number of anilines is 1. The number of aryl methyl sites for hydroxylation is 1. The molecule has 0 atom stereocenters. The molecule has 0 aliphatic carbocycles. The van der Waals surface area contributed by atoms with Gasteiger partial charge in [-0.15, -0.1) is 11.3 Å². The smallest absolute Gasteiger partial charge is 0.288 e. The van der Waals surface area contributed by atoms with Gasteiger partial charge in [0.15, 0.2) is 5.13 Å². The molecule has 0 saturated carbocycles. The second-order valence-corrected chi connectivity index (χ2v) is 7.10. The van der Waals surface area contributed by atoms with Crippen LogP contribution in [0.4, 0.5) is 10.8 Å². The number of carbonyl (C=O) groups excluding carboxylic acids is 2. The Labute approximate surface area is 170 Å². The largest absolute Gasteiger partial charge is 0.385 e. The topological polar surface area (TPSA) is 115 Å². The van der Waals surface area contributed by atoms with Crippen LogP contribution in [-0.2, 0) is 9.53 Å². The number of rotatable bonds is 9. The summed E-state index contributed by atoms with van der Waals surface area (Å²) in [7, 11) is 1.53. The molecule has 0 aliphatic heterocycles. The molecule has 0 aliphatic rings. The van der Waals surface area contributed by atoms with E-state index < -0.39 is 16.7 Å². The number of nitro benzene ring substituents is 1. The number of ether oxygens (including phenoxy) is 1. The van der Waals surface area contributed by atoms with Gasteiger partial charge in [0.1, 0.15) is 11.6 Å². The van der Waals surface area contributed by atoms with Crippen molar-refractivity contribution in [1.82, 2.24) is 9.88 Å². The number of nitrogens with zero attached hydrogens (tertiary/aromatic N) is 3. The van der Waals surface area contributed by atoms with Crippen LogP contribution in [0.15, 0.2) is 23.6 Å². The van der Waals surface area contributed by atoms with Crippen LogP contribution in [0, 0.1) is 17.0 Å². The predicted octanol–water partition coefficient (Wildman–Crippen LogP) is 3.13. The first-order valence-corrected chi connectivity index (χ1v) is 9.51. The summed E-state index contributed by atoms with van der Waals surface area (Å²) < 4.78 is 4.99. The minimum atomic E-state index is -0.661. The van der Waals surface area contributed by atoms with Gasteiger partial charge in [0, 0.05) is 37.3 Å². The molecule has 11 heteroatoms. The van der Waals surface area contributed by atoms with Gasteiger partial charge in [-0.1, -0.05) is 11.6 Å². The van der Waals surface area contributed by atoms with Gasteiger partial charge >= 0.3 is 0 Å². The summed E-state index contributed by atoms with van der Waals surface area (Å²) in [6.07, 6.45) is 0.502. The van der Waals surface area contributed by atoms with Crippen molar-refractivity contribution >= 4 is 45.6 Å². The highest BCUT2D eigenvalue weighted by atomic mass is 35.5. The third kappa shape index (κ3) is 5.98. The number of halogens is 1. The first kappa shape index (κ1) is 21.7. The lowest BCUT2D eigenvalue weighted by Gasteiger charge is -2.22. The van der Waals surface area contributed by atoms with Gasteiger partial charge in [0.2, 0.25) is 5.91 Å². The van der Waals surface area contributed by atoms with Crippen LogP contribution < -0.4 is 5.32 Å². The van der Waals surface area contributed by atoms with E-state index in [9.17, 15) is 19.7 Å². The Kier molecular flexibility index (Phi) is 7.85. The Morgan fingerprint density at radius 2 is 2.18 bits per heavy atom. The van der Waals surface area contributed by atoms with E-state index in [0.717, 1.165) is 11.8 Å². The number of hydrogen-bond donors (Lipinski definition) is 1. The normalized spacial score (nSPS) is 10.5. The van der Waals surface area contributed by atoms with Crippen molar-refractivity contribution < 1.29 is 19.2 Å². The Morgan fingerprint density at radius 1 is 1.43 bits per heavy atom. The van der Waals surface area contributed by atoms with Crippen molar-refractivity contribution in [3.63, 3.8) is 0 Å². The molecular formula is C17H19ClN4O5S. The van der Waals surface area contributed by atoms with Crippen LogP contribution in [0.1, 0.15) is 22.5 Å². The standard InChI is InChI=1S/C17H19ClN4O5S/c1-11-10-28-17(19-11)20-15(23)9-21(6-3-7-27-2)16(24)12-4-5-13(18)14(8-12)22(25)26/h4-5,8,10H,3,6-7,9H2,1-2H3,(H,19,20,23). The molecule has 1 aromatic heterocycles. The molecule has 150 valence electrons. The van der Waals surface area contributed by atoms with Crippen molar-refractivity contribution in [3.8, 4) is 0 Å². The van der Waals surface area contributed by atoms with Crippen molar-refractivity contribution in [3.05, 3.63) is 50.0 Å². The zero-order valence-electron chi connectivity index (χ0n) is 15.3. The molecule has 1 heterocycles. The summed E-state index contributed by atoms with van der Waals surface area (Å²) in [5, 5.41) is 15.9. The number of carbonyl (C=O) groups is 2. The second-order valence-electron chi connectivity index (χ2n) is 5.84. The summed E-state index contributed by atoms with van der Waals surface area (Å²) in [5.41, 5.74) is 0.486. The van der Waals surface area contributed by atoms with Gasteiger partial charge in [0.25, 0.3) is 11.6 Å². The molecule has 9 nitrogen and oxygen atoms in total. The van der Waals surface area contributed by atoms with Crippen LogP contribution in [0.5, 0.6) is 0 Å². The van der Waals surface area contributed by atoms with E-state index in [-0.39, 0.29) is 29.4 Å². The third-order valence-corrected chi connectivity index (χ3v) is 4.85. The maximum absolute atomic E-state index is 12.8. The summed E-state index contributed by atoms with van der Waals surface area (Å²) in [6.45, 7) is 2.23. The summed E-state index contributed by atoms with van der Waals surface area (Å²) in [5.74, 6) is -0.926. The van der Waals surface area contributed by atoms with E-state index >= 15 is 0 Å². The molecule has 2 amide bonds. The Morgan fingerprint density at radius 3 is 2.79 bits per heavy atom. The van der Waals surface area contributed by atoms with Crippen LogP contribution in [0.2, 0.25) is 5.02 Å². The molecule has 0 radical (unpaired) electrons. The zero-order chi connectivity index (χ0) is 20.7. The van der Waals surface area contributed by atoms with Gasteiger partial charge in [-0.05, 0) is 25.5 Å². The summed E-state index contributed by atoms with van der Waals surface area (Å²) >= 11 is 7.08. The van der Waals surface area contributed by atoms with E-state index in [4.69, 9.17) is 16.3 Å². The summed E-state index contributed by atoms with van der Waals surface area (Å²) in [4.78, 5) is 41.0. The van der Waals surface area contributed by atoms with Crippen LogP contribution in [0.3, 0.4) is 0 Å². The fourth-order valence-electron chi connectivity index (χ4n) is 2.36. The highest BCUT2D eigenvalue weighted by Gasteiger charge is 2.22. The lowest BCUT2D eigenvalue weighted by Crippen LogP contribution is -2.39. The van der Waals surface area contributed by atoms with Gasteiger partial charge in [-0.2, -0.15) is 0 Å². The average molecular weight is 427 g/mol. The highest BCUT2D eigenvalue weighted by molar-refractivity contribution is 7.13. The highest BCUT2D eigenvalue weighted by Crippen LogP contribution is 2.25. The lowest BCUT2D eigenvalue weighted by molar-refractivity contribution is -0.384. The Hall–Kier alpha value is -2.56. The minimum absolute atomic E-state index is 0.0654. The van der Waals surface area contributed by atoms with Gasteiger partial charge < -0.3 is 15.0 Å². The predicted molar refractivity (Wildman–Crippen MR) is 106 cm³/mol. The number of hydrogen-bond acceptors (Lipinski definition) is 7. The number of benzene rings is 1. The fraction of sp³-hybridized carbons (Fsp3) is 0.353. The van der Waals surface area contributed by atoms with E-state index in [1.807, 2.05) is 0 Å². The van der Waals surface area contributed by atoms with Crippen LogP contribution in [0.25, 0.3) is 0 Å². The Balaban J connectivity index is 2.16. The molecule has 1 aromatic carbocycles. The van der Waals surface area contributed by atoms with E-state index in [1.54, 1.807) is 12.3 Å². The molecule has 28 heavy (non-hydrogen) atoms. The molecule has 0 spiro atoms. The molecule has 2 rings (SSSR count). The van der Waals surface area contributed by atoms with E-state index in [1.165, 1.54) is 35.5 Å². The lowest BCUT2D eigenvalue weighted by atomic mass is 10.1. The summed E-state index contributed by atoms with van der Waals surface area (Å²) in [6, 6.07) is 3.79. The van der Waals surface area contributed by atoms with Crippen molar-refractivity contribution in [2.45, 2.75) is 13.3 Å². The number of nitro groups is 1. The minimum Gasteiger partial charge on any atom is -0.385 e. The molecule has 0 fully saturated rings. The van der Waals surface area contributed by atoms with Crippen molar-refractivity contribution in [2.75, 3.05) is 32.1 Å². The number of aromatic nitrogens is 1.